The Labute approximate surface area is 136 Å². The summed E-state index contributed by atoms with van der Waals surface area (Å²) in [6.07, 6.45) is 0.623. The van der Waals surface area contributed by atoms with Crippen molar-refractivity contribution in [2.75, 3.05) is 18.4 Å². The minimum absolute atomic E-state index is 0.376. The summed E-state index contributed by atoms with van der Waals surface area (Å²) in [5.41, 5.74) is 0.734. The number of alkyl carbamates (subject to hydrolysis) is 1. The lowest BCUT2D eigenvalue weighted by molar-refractivity contribution is -0.133. The SMILES string of the molecule is Cc1ncc(C(C)OC=O)nc1NCCNC(=O)OC(C)(C)C. The van der Waals surface area contributed by atoms with Crippen LogP contribution in [0.15, 0.2) is 6.20 Å². The second kappa shape index (κ2) is 8.30. The zero-order chi connectivity index (χ0) is 17.5. The number of anilines is 1. The molecule has 0 saturated carbocycles. The van der Waals surface area contributed by atoms with E-state index in [1.54, 1.807) is 33.9 Å². The fourth-order valence-electron chi connectivity index (χ4n) is 1.64. The molecule has 0 spiro atoms. The van der Waals surface area contributed by atoms with Crippen LogP contribution in [0.1, 0.15) is 45.2 Å². The van der Waals surface area contributed by atoms with Gasteiger partial charge >= 0.3 is 6.09 Å². The van der Waals surface area contributed by atoms with Crippen LogP contribution in [0.5, 0.6) is 0 Å². The maximum atomic E-state index is 11.5. The second-order valence-corrected chi connectivity index (χ2v) is 5.96. The molecule has 0 aromatic carbocycles. The molecule has 1 aromatic heterocycles. The average Bonchev–Trinajstić information content (AvgIpc) is 2.43. The Balaban J connectivity index is 2.50. The predicted octanol–water partition coefficient (Wildman–Crippen LogP) is 1.96. The van der Waals surface area contributed by atoms with Gasteiger partial charge in [0.15, 0.2) is 0 Å². The first kappa shape index (κ1) is 18.7. The van der Waals surface area contributed by atoms with Gasteiger partial charge in [-0.1, -0.05) is 0 Å². The molecule has 1 rings (SSSR count). The molecule has 1 aromatic rings. The van der Waals surface area contributed by atoms with Crippen LogP contribution < -0.4 is 10.6 Å². The number of ether oxygens (including phenoxy) is 2. The van der Waals surface area contributed by atoms with Crippen molar-refractivity contribution in [1.29, 1.82) is 0 Å². The van der Waals surface area contributed by atoms with Crippen LogP contribution in [-0.2, 0) is 14.3 Å². The maximum Gasteiger partial charge on any atom is 0.407 e. The fourth-order valence-corrected chi connectivity index (χ4v) is 1.64. The third-order valence-corrected chi connectivity index (χ3v) is 2.74. The minimum atomic E-state index is -0.525. The minimum Gasteiger partial charge on any atom is -0.458 e. The summed E-state index contributed by atoms with van der Waals surface area (Å²) in [6, 6.07) is 0. The smallest absolute Gasteiger partial charge is 0.407 e. The van der Waals surface area contributed by atoms with E-state index in [4.69, 9.17) is 9.47 Å². The molecule has 23 heavy (non-hydrogen) atoms. The number of aryl methyl sites for hydroxylation is 1. The van der Waals surface area contributed by atoms with E-state index in [-0.39, 0.29) is 0 Å². The van der Waals surface area contributed by atoms with Gasteiger partial charge in [-0.25, -0.2) is 9.78 Å². The molecular weight excluding hydrogens is 300 g/mol. The number of hydrogen-bond acceptors (Lipinski definition) is 7. The molecule has 8 nitrogen and oxygen atoms in total. The third kappa shape index (κ3) is 6.94. The fraction of sp³-hybridized carbons (Fsp3) is 0.600. The summed E-state index contributed by atoms with van der Waals surface area (Å²) in [5, 5.41) is 5.72. The molecule has 0 aliphatic carbocycles. The second-order valence-electron chi connectivity index (χ2n) is 5.96. The summed E-state index contributed by atoms with van der Waals surface area (Å²) in [5.74, 6) is 0.579. The first-order valence-electron chi connectivity index (χ1n) is 7.36. The molecule has 0 bridgehead atoms. The Bertz CT molecular complexity index is 543. The van der Waals surface area contributed by atoms with Gasteiger partial charge in [0.25, 0.3) is 6.47 Å². The average molecular weight is 324 g/mol. The highest BCUT2D eigenvalue weighted by Crippen LogP contribution is 2.16. The van der Waals surface area contributed by atoms with Gasteiger partial charge in [-0.15, -0.1) is 0 Å². The molecule has 1 amide bonds. The van der Waals surface area contributed by atoms with Crippen molar-refractivity contribution in [3.05, 3.63) is 17.6 Å². The van der Waals surface area contributed by atoms with E-state index in [1.807, 2.05) is 6.92 Å². The normalized spacial score (nSPS) is 12.2. The Morgan fingerprint density at radius 3 is 2.70 bits per heavy atom. The highest BCUT2D eigenvalue weighted by Gasteiger charge is 2.15. The molecule has 1 unspecified atom stereocenters. The van der Waals surface area contributed by atoms with E-state index in [1.165, 1.54) is 0 Å². The van der Waals surface area contributed by atoms with Crippen LogP contribution >= 0.6 is 0 Å². The highest BCUT2D eigenvalue weighted by molar-refractivity contribution is 5.67. The number of aromatic nitrogens is 2. The van der Waals surface area contributed by atoms with Crippen LogP contribution in [0.2, 0.25) is 0 Å². The molecule has 0 radical (unpaired) electrons. The molecule has 0 fully saturated rings. The number of amides is 1. The van der Waals surface area contributed by atoms with Crippen molar-refractivity contribution >= 4 is 18.4 Å². The summed E-state index contributed by atoms with van der Waals surface area (Å²) in [7, 11) is 0. The van der Waals surface area contributed by atoms with Crippen molar-refractivity contribution < 1.29 is 19.1 Å². The van der Waals surface area contributed by atoms with Crippen molar-refractivity contribution in [2.45, 2.75) is 46.3 Å². The van der Waals surface area contributed by atoms with Crippen molar-refractivity contribution in [2.24, 2.45) is 0 Å². The lowest BCUT2D eigenvalue weighted by atomic mass is 10.2. The van der Waals surface area contributed by atoms with E-state index in [2.05, 4.69) is 20.6 Å². The van der Waals surface area contributed by atoms with Crippen LogP contribution in [0.3, 0.4) is 0 Å². The molecule has 2 N–H and O–H groups in total. The molecular formula is C15H24N4O4. The van der Waals surface area contributed by atoms with Crippen LogP contribution in [0.4, 0.5) is 10.6 Å². The zero-order valence-corrected chi connectivity index (χ0v) is 14.2. The van der Waals surface area contributed by atoms with E-state index < -0.39 is 17.8 Å². The van der Waals surface area contributed by atoms with Gasteiger partial charge < -0.3 is 20.1 Å². The summed E-state index contributed by atoms with van der Waals surface area (Å²) < 4.78 is 9.98. The molecule has 1 heterocycles. The lowest BCUT2D eigenvalue weighted by Gasteiger charge is -2.19. The van der Waals surface area contributed by atoms with E-state index in [0.29, 0.717) is 36.8 Å². The number of carbonyl (C=O) groups is 2. The maximum absolute atomic E-state index is 11.5. The molecule has 128 valence electrons. The predicted molar refractivity (Wildman–Crippen MR) is 85.1 cm³/mol. The quantitative estimate of drug-likeness (QED) is 0.583. The topological polar surface area (TPSA) is 102 Å². The highest BCUT2D eigenvalue weighted by atomic mass is 16.6. The largest absolute Gasteiger partial charge is 0.458 e. The summed E-state index contributed by atoms with van der Waals surface area (Å²) in [6.45, 7) is 10.1. The Morgan fingerprint density at radius 2 is 2.09 bits per heavy atom. The number of nitrogens with zero attached hydrogens (tertiary/aromatic N) is 2. The molecule has 1 atom stereocenters. The monoisotopic (exact) mass is 324 g/mol. The van der Waals surface area contributed by atoms with Gasteiger partial charge in [0.1, 0.15) is 23.2 Å². The Morgan fingerprint density at radius 1 is 1.39 bits per heavy atom. The number of rotatable bonds is 7. The first-order chi connectivity index (χ1) is 10.7. The standard InChI is InChI=1S/C15H24N4O4/c1-10-13(19-12(8-18-10)11(2)22-9-20)16-6-7-17-14(21)23-15(3,4)5/h8-9,11H,6-7H2,1-5H3,(H,16,19)(H,17,21). The van der Waals surface area contributed by atoms with Gasteiger partial charge in [-0.2, -0.15) is 0 Å². The van der Waals surface area contributed by atoms with Gasteiger partial charge in [-0.3, -0.25) is 9.78 Å². The Hall–Kier alpha value is -2.38. The van der Waals surface area contributed by atoms with Crippen molar-refractivity contribution in [1.82, 2.24) is 15.3 Å². The van der Waals surface area contributed by atoms with Gasteiger partial charge in [-0.05, 0) is 34.6 Å². The van der Waals surface area contributed by atoms with Gasteiger partial charge in [0, 0.05) is 13.1 Å². The van der Waals surface area contributed by atoms with Crippen LogP contribution in [-0.4, -0.2) is 41.2 Å². The van der Waals surface area contributed by atoms with E-state index in [9.17, 15) is 9.59 Å². The molecule has 0 aliphatic heterocycles. The first-order valence-corrected chi connectivity index (χ1v) is 7.36. The van der Waals surface area contributed by atoms with Crippen molar-refractivity contribution in [3.8, 4) is 0 Å². The summed E-state index contributed by atoms with van der Waals surface area (Å²) in [4.78, 5) is 30.5. The summed E-state index contributed by atoms with van der Waals surface area (Å²) >= 11 is 0. The van der Waals surface area contributed by atoms with Crippen LogP contribution in [0.25, 0.3) is 0 Å². The van der Waals surface area contributed by atoms with Crippen LogP contribution in [0, 0.1) is 6.92 Å². The molecule has 0 aliphatic rings. The zero-order valence-electron chi connectivity index (χ0n) is 14.2. The number of hydrogen-bond donors (Lipinski definition) is 2. The van der Waals surface area contributed by atoms with Crippen molar-refractivity contribution in [3.63, 3.8) is 0 Å². The molecule has 8 heteroatoms. The van der Waals surface area contributed by atoms with Gasteiger partial charge in [0.05, 0.1) is 11.9 Å². The van der Waals surface area contributed by atoms with Gasteiger partial charge in [0.2, 0.25) is 0 Å². The number of carbonyl (C=O) groups excluding carboxylic acids is 2. The Kier molecular flexibility index (Phi) is 6.74. The van der Waals surface area contributed by atoms with E-state index >= 15 is 0 Å². The molecule has 0 saturated heterocycles. The van der Waals surface area contributed by atoms with E-state index in [0.717, 1.165) is 0 Å². The third-order valence-electron chi connectivity index (χ3n) is 2.74. The lowest BCUT2D eigenvalue weighted by Crippen LogP contribution is -2.35. The number of nitrogens with one attached hydrogen (secondary N) is 2.